The molecule has 0 aliphatic carbocycles. The molecule has 50 valence electrons. The van der Waals surface area contributed by atoms with Crippen molar-refractivity contribution in [1.82, 2.24) is 0 Å². The van der Waals surface area contributed by atoms with Gasteiger partial charge in [-0.1, -0.05) is 5.92 Å². The fourth-order valence-corrected chi connectivity index (χ4v) is 0.225. The zero-order valence-electron chi connectivity index (χ0n) is 5.22. The Balaban J connectivity index is 2.94. The number of terminal acetylenes is 1. The summed E-state index contributed by atoms with van der Waals surface area (Å²) in [7, 11) is 0. The zero-order valence-corrected chi connectivity index (χ0v) is 5.22. The Morgan fingerprint density at radius 2 is 2.44 bits per heavy atom. The lowest BCUT2D eigenvalue weighted by Gasteiger charge is -1.98. The predicted octanol–water partition coefficient (Wildman–Crippen LogP) is 0.157. The molecule has 0 atom stereocenters. The summed E-state index contributed by atoms with van der Waals surface area (Å²) in [6.45, 7) is 1.42. The molecule has 0 bridgehead atoms. The number of rotatable bonds is 3. The van der Waals surface area contributed by atoms with Gasteiger partial charge < -0.3 is 9.47 Å². The first-order chi connectivity index (χ1) is 4.27. The van der Waals surface area contributed by atoms with Gasteiger partial charge in [0.05, 0.1) is 0 Å². The van der Waals surface area contributed by atoms with E-state index in [1.54, 1.807) is 0 Å². The highest BCUT2D eigenvalue weighted by Crippen LogP contribution is 1.77. The van der Waals surface area contributed by atoms with Gasteiger partial charge in [-0.25, -0.2) is 0 Å². The van der Waals surface area contributed by atoms with Gasteiger partial charge in [0, 0.05) is 6.92 Å². The fourth-order valence-electron chi connectivity index (χ4n) is 0.225. The number of carbonyl (C=O) groups excluding carboxylic acids is 1. The molecule has 0 unspecified atom stereocenters. The van der Waals surface area contributed by atoms with E-state index in [4.69, 9.17) is 6.42 Å². The molecule has 0 aromatic rings. The molecular weight excluding hydrogens is 120 g/mol. The van der Waals surface area contributed by atoms with Crippen molar-refractivity contribution in [3.8, 4) is 12.3 Å². The van der Waals surface area contributed by atoms with E-state index in [0.717, 1.165) is 0 Å². The smallest absolute Gasteiger partial charge is 0.304 e. The van der Waals surface area contributed by atoms with E-state index in [9.17, 15) is 4.79 Å². The van der Waals surface area contributed by atoms with Crippen molar-refractivity contribution in [1.29, 1.82) is 0 Å². The molecule has 9 heavy (non-hydrogen) atoms. The first kappa shape index (κ1) is 7.99. The SMILES string of the molecule is C#CCOCOC(C)=O. The lowest BCUT2D eigenvalue weighted by Crippen LogP contribution is -2.04. The van der Waals surface area contributed by atoms with Gasteiger partial charge in [-0.2, -0.15) is 0 Å². The van der Waals surface area contributed by atoms with E-state index in [2.05, 4.69) is 15.4 Å². The first-order valence-corrected chi connectivity index (χ1v) is 2.42. The Hall–Kier alpha value is -1.01. The number of ether oxygens (including phenoxy) is 2. The molecule has 0 saturated carbocycles. The van der Waals surface area contributed by atoms with Crippen LogP contribution in [0, 0.1) is 12.3 Å². The number of carbonyl (C=O) groups is 1. The third-order valence-electron chi connectivity index (χ3n) is 0.531. The van der Waals surface area contributed by atoms with Crippen molar-refractivity contribution < 1.29 is 14.3 Å². The van der Waals surface area contributed by atoms with Gasteiger partial charge in [-0.3, -0.25) is 4.79 Å². The molecule has 0 fully saturated rings. The highest BCUT2D eigenvalue weighted by atomic mass is 16.7. The van der Waals surface area contributed by atoms with E-state index < -0.39 is 0 Å². The van der Waals surface area contributed by atoms with Crippen LogP contribution >= 0.6 is 0 Å². The van der Waals surface area contributed by atoms with Crippen LogP contribution in [0.15, 0.2) is 0 Å². The monoisotopic (exact) mass is 128 g/mol. The Morgan fingerprint density at radius 1 is 1.78 bits per heavy atom. The summed E-state index contributed by atoms with van der Waals surface area (Å²) in [5.74, 6) is 1.86. The molecule has 0 amide bonds. The molecule has 0 saturated heterocycles. The van der Waals surface area contributed by atoms with E-state index in [-0.39, 0.29) is 19.4 Å². The lowest BCUT2D eigenvalue weighted by atomic mass is 10.8. The quantitative estimate of drug-likeness (QED) is 0.235. The molecule has 0 heterocycles. The van der Waals surface area contributed by atoms with Crippen LogP contribution in [0.1, 0.15) is 6.92 Å². The van der Waals surface area contributed by atoms with Crippen LogP contribution in [0.25, 0.3) is 0 Å². The summed E-state index contributed by atoms with van der Waals surface area (Å²) in [4.78, 5) is 10.1. The summed E-state index contributed by atoms with van der Waals surface area (Å²) in [6.07, 6.45) is 4.83. The summed E-state index contributed by atoms with van der Waals surface area (Å²) in [5, 5.41) is 0. The van der Waals surface area contributed by atoms with Gasteiger partial charge >= 0.3 is 5.97 Å². The average molecular weight is 128 g/mol. The van der Waals surface area contributed by atoms with Crippen LogP contribution in [0.3, 0.4) is 0 Å². The number of hydrogen-bond donors (Lipinski definition) is 0. The molecule has 0 spiro atoms. The maximum absolute atomic E-state index is 10.1. The van der Waals surface area contributed by atoms with Gasteiger partial charge in [0.15, 0.2) is 6.79 Å². The molecule has 0 aromatic carbocycles. The molecule has 0 radical (unpaired) electrons. The second kappa shape index (κ2) is 5.13. The Kier molecular flexibility index (Phi) is 4.56. The average Bonchev–Trinajstić information content (AvgIpc) is 1.80. The molecule has 0 N–H and O–H groups in total. The van der Waals surface area contributed by atoms with Crippen LogP contribution < -0.4 is 0 Å². The minimum Gasteiger partial charge on any atom is -0.439 e. The molecular formula is C6H8O3. The summed E-state index contributed by atoms with van der Waals surface area (Å²) in [6, 6.07) is 0. The van der Waals surface area contributed by atoms with Gasteiger partial charge in [0.2, 0.25) is 0 Å². The molecule has 3 nitrogen and oxygen atoms in total. The second-order valence-electron chi connectivity index (χ2n) is 1.31. The van der Waals surface area contributed by atoms with Crippen LogP contribution in [0.2, 0.25) is 0 Å². The first-order valence-electron chi connectivity index (χ1n) is 2.42. The Labute approximate surface area is 54.0 Å². The molecule has 0 aliphatic heterocycles. The third kappa shape index (κ3) is 6.99. The molecule has 0 rings (SSSR count). The third-order valence-corrected chi connectivity index (χ3v) is 0.531. The van der Waals surface area contributed by atoms with Crippen molar-refractivity contribution in [3.63, 3.8) is 0 Å². The van der Waals surface area contributed by atoms with Crippen molar-refractivity contribution in [3.05, 3.63) is 0 Å². The maximum atomic E-state index is 10.1. The highest BCUT2D eigenvalue weighted by Gasteiger charge is 1.88. The molecule has 0 aliphatic rings. The highest BCUT2D eigenvalue weighted by molar-refractivity contribution is 5.65. The predicted molar refractivity (Wildman–Crippen MR) is 31.4 cm³/mol. The zero-order chi connectivity index (χ0) is 7.11. The van der Waals surface area contributed by atoms with E-state index in [1.807, 2.05) is 0 Å². The summed E-state index contributed by atoms with van der Waals surface area (Å²) in [5.41, 5.74) is 0. The lowest BCUT2D eigenvalue weighted by molar-refractivity contribution is -0.152. The summed E-state index contributed by atoms with van der Waals surface area (Å²) < 4.78 is 9.00. The minimum atomic E-state index is -0.368. The fraction of sp³-hybridized carbons (Fsp3) is 0.500. The van der Waals surface area contributed by atoms with Crippen molar-refractivity contribution in [2.75, 3.05) is 13.4 Å². The van der Waals surface area contributed by atoms with Crippen LogP contribution in [-0.4, -0.2) is 19.4 Å². The normalized spacial score (nSPS) is 8.00. The standard InChI is InChI=1S/C6H8O3/c1-3-4-8-5-9-6(2)7/h1H,4-5H2,2H3. The largest absolute Gasteiger partial charge is 0.439 e. The topological polar surface area (TPSA) is 35.5 Å². The van der Waals surface area contributed by atoms with E-state index >= 15 is 0 Å². The van der Waals surface area contributed by atoms with Crippen molar-refractivity contribution in [2.45, 2.75) is 6.92 Å². The van der Waals surface area contributed by atoms with Crippen molar-refractivity contribution in [2.24, 2.45) is 0 Å². The second-order valence-corrected chi connectivity index (χ2v) is 1.31. The van der Waals surface area contributed by atoms with E-state index in [1.165, 1.54) is 6.92 Å². The Bertz CT molecular complexity index is 123. The summed E-state index contributed by atoms with van der Waals surface area (Å²) >= 11 is 0. The maximum Gasteiger partial charge on any atom is 0.304 e. The van der Waals surface area contributed by atoms with Gasteiger partial charge in [-0.05, 0) is 0 Å². The van der Waals surface area contributed by atoms with Gasteiger partial charge in [0.1, 0.15) is 6.61 Å². The Morgan fingerprint density at radius 3 is 2.89 bits per heavy atom. The minimum absolute atomic E-state index is 0.0560. The van der Waals surface area contributed by atoms with Crippen molar-refractivity contribution >= 4 is 5.97 Å². The number of esters is 1. The van der Waals surface area contributed by atoms with Gasteiger partial charge in [-0.15, -0.1) is 6.42 Å². The van der Waals surface area contributed by atoms with Crippen LogP contribution in [-0.2, 0) is 14.3 Å². The van der Waals surface area contributed by atoms with E-state index in [0.29, 0.717) is 0 Å². The molecule has 3 heteroatoms. The van der Waals surface area contributed by atoms with Crippen LogP contribution in [0.5, 0.6) is 0 Å². The van der Waals surface area contributed by atoms with Gasteiger partial charge in [0.25, 0.3) is 0 Å². The molecule has 0 aromatic heterocycles. The number of hydrogen-bond acceptors (Lipinski definition) is 3. The van der Waals surface area contributed by atoms with Crippen LogP contribution in [0.4, 0.5) is 0 Å².